The number of benzene rings is 1. The summed E-state index contributed by atoms with van der Waals surface area (Å²) in [4.78, 5) is 14.2. The number of nitrogens with zero attached hydrogens (tertiary/aromatic N) is 1. The van der Waals surface area contributed by atoms with E-state index in [-0.39, 0.29) is 15.1 Å². The van der Waals surface area contributed by atoms with Crippen LogP contribution in [0.15, 0.2) is 45.9 Å². The lowest BCUT2D eigenvalue weighted by Gasteiger charge is -2.10. The molecule has 0 saturated carbocycles. The summed E-state index contributed by atoms with van der Waals surface area (Å²) in [7, 11) is -4.12. The van der Waals surface area contributed by atoms with Crippen molar-refractivity contribution in [2.45, 2.75) is 4.90 Å². The highest BCUT2D eigenvalue weighted by molar-refractivity contribution is 9.10. The number of hydrogen-bond acceptors (Lipinski definition) is 4. The molecule has 2 N–H and O–H groups in total. The minimum absolute atomic E-state index is 0.119. The number of aromatic nitrogens is 1. The molecule has 0 radical (unpaired) electrons. The van der Waals surface area contributed by atoms with Gasteiger partial charge in [-0.25, -0.2) is 22.6 Å². The van der Waals surface area contributed by atoms with Gasteiger partial charge in [-0.2, -0.15) is 0 Å². The predicted molar refractivity (Wildman–Crippen MR) is 76.1 cm³/mol. The molecular weight excluding hydrogens is 367 g/mol. The Labute approximate surface area is 127 Å². The topological polar surface area (TPSA) is 96.4 Å². The molecule has 0 amide bonds. The van der Waals surface area contributed by atoms with Crippen LogP contribution in [0.2, 0.25) is 0 Å². The first-order valence-corrected chi connectivity index (χ1v) is 7.75. The molecule has 0 fully saturated rings. The molecule has 9 heteroatoms. The zero-order valence-electron chi connectivity index (χ0n) is 10.2. The highest BCUT2D eigenvalue weighted by atomic mass is 79.9. The second-order valence-electron chi connectivity index (χ2n) is 3.89. The van der Waals surface area contributed by atoms with Crippen LogP contribution in [0.4, 0.5) is 10.1 Å². The summed E-state index contributed by atoms with van der Waals surface area (Å²) in [5.74, 6) is -2.13. The molecule has 1 aromatic heterocycles. The molecule has 0 aliphatic carbocycles. The molecular formula is C12H8BrFN2O4S. The Morgan fingerprint density at radius 2 is 2.05 bits per heavy atom. The average Bonchev–Trinajstić information content (AvgIpc) is 2.41. The van der Waals surface area contributed by atoms with Crippen molar-refractivity contribution in [1.82, 2.24) is 4.98 Å². The summed E-state index contributed by atoms with van der Waals surface area (Å²) in [5.41, 5.74) is -0.646. The number of anilines is 1. The highest BCUT2D eigenvalue weighted by Crippen LogP contribution is 2.22. The standard InChI is InChI=1S/C12H8BrFN2O4S/c13-8-4-3-7(6-9(8)14)21(19,20)16-10-2-1-5-15-11(10)12(17)18/h1-6,16H,(H,17,18). The Kier molecular flexibility index (Phi) is 4.24. The van der Waals surface area contributed by atoms with Gasteiger partial charge in [-0.1, -0.05) is 0 Å². The van der Waals surface area contributed by atoms with Gasteiger partial charge in [0.25, 0.3) is 10.0 Å². The lowest BCUT2D eigenvalue weighted by Crippen LogP contribution is -2.16. The molecule has 0 aliphatic rings. The zero-order valence-corrected chi connectivity index (χ0v) is 12.6. The normalized spacial score (nSPS) is 11.1. The van der Waals surface area contributed by atoms with Gasteiger partial charge in [0.2, 0.25) is 0 Å². The molecule has 0 bridgehead atoms. The molecule has 110 valence electrons. The minimum Gasteiger partial charge on any atom is -0.476 e. The van der Waals surface area contributed by atoms with Crippen LogP contribution < -0.4 is 4.72 Å². The lowest BCUT2D eigenvalue weighted by atomic mass is 10.3. The van der Waals surface area contributed by atoms with E-state index in [0.717, 1.165) is 6.07 Å². The third-order valence-corrected chi connectivity index (χ3v) is 4.46. The van der Waals surface area contributed by atoms with E-state index in [2.05, 4.69) is 25.6 Å². The number of carboxylic acids is 1. The third kappa shape index (κ3) is 3.37. The first kappa shape index (κ1) is 15.4. The van der Waals surface area contributed by atoms with Crippen molar-refractivity contribution in [3.8, 4) is 0 Å². The number of hydrogen-bond donors (Lipinski definition) is 2. The second kappa shape index (κ2) is 5.78. The van der Waals surface area contributed by atoms with Crippen LogP contribution in [0.1, 0.15) is 10.5 Å². The van der Waals surface area contributed by atoms with E-state index in [0.29, 0.717) is 0 Å². The van der Waals surface area contributed by atoms with E-state index in [1.165, 1.54) is 30.5 Å². The maximum Gasteiger partial charge on any atom is 0.356 e. The molecule has 1 heterocycles. The van der Waals surface area contributed by atoms with Crippen LogP contribution in [0.25, 0.3) is 0 Å². The van der Waals surface area contributed by atoms with Gasteiger partial charge < -0.3 is 5.11 Å². The second-order valence-corrected chi connectivity index (χ2v) is 6.42. The fraction of sp³-hybridized carbons (Fsp3) is 0. The number of sulfonamides is 1. The van der Waals surface area contributed by atoms with Gasteiger partial charge in [0, 0.05) is 6.20 Å². The summed E-state index contributed by atoms with van der Waals surface area (Å²) >= 11 is 2.92. The molecule has 0 saturated heterocycles. The maximum absolute atomic E-state index is 13.4. The molecule has 2 aromatic rings. The number of carbonyl (C=O) groups is 1. The molecule has 0 aliphatic heterocycles. The van der Waals surface area contributed by atoms with Crippen LogP contribution in [0.5, 0.6) is 0 Å². The van der Waals surface area contributed by atoms with Gasteiger partial charge in [0.1, 0.15) is 5.82 Å². The zero-order chi connectivity index (χ0) is 15.6. The van der Waals surface area contributed by atoms with Crippen LogP contribution in [0.3, 0.4) is 0 Å². The molecule has 1 aromatic carbocycles. The average molecular weight is 375 g/mol. The SMILES string of the molecule is O=C(O)c1ncccc1NS(=O)(=O)c1ccc(Br)c(F)c1. The van der Waals surface area contributed by atoms with Crippen LogP contribution in [-0.2, 0) is 10.0 Å². The van der Waals surface area contributed by atoms with E-state index >= 15 is 0 Å². The molecule has 2 rings (SSSR count). The van der Waals surface area contributed by atoms with E-state index in [4.69, 9.17) is 5.11 Å². The summed E-state index contributed by atoms with van der Waals surface area (Å²) in [6.07, 6.45) is 1.22. The quantitative estimate of drug-likeness (QED) is 0.856. The van der Waals surface area contributed by atoms with Crippen molar-refractivity contribution in [2.24, 2.45) is 0 Å². The highest BCUT2D eigenvalue weighted by Gasteiger charge is 2.20. The van der Waals surface area contributed by atoms with Crippen molar-refractivity contribution in [3.63, 3.8) is 0 Å². The van der Waals surface area contributed by atoms with E-state index < -0.39 is 27.5 Å². The molecule has 0 unspecified atom stereocenters. The third-order valence-electron chi connectivity index (χ3n) is 2.46. The molecule has 21 heavy (non-hydrogen) atoms. The number of rotatable bonds is 4. The van der Waals surface area contributed by atoms with Crippen LogP contribution in [0, 0.1) is 5.82 Å². The predicted octanol–water partition coefficient (Wildman–Crippen LogP) is 2.48. The van der Waals surface area contributed by atoms with Crippen LogP contribution >= 0.6 is 15.9 Å². The van der Waals surface area contributed by atoms with Gasteiger partial charge in [-0.3, -0.25) is 4.72 Å². The minimum atomic E-state index is -4.12. The van der Waals surface area contributed by atoms with Crippen molar-refractivity contribution in [3.05, 3.63) is 52.5 Å². The van der Waals surface area contributed by atoms with Crippen LogP contribution in [-0.4, -0.2) is 24.5 Å². The number of pyridine rings is 1. The van der Waals surface area contributed by atoms with Gasteiger partial charge in [0.05, 0.1) is 15.1 Å². The Balaban J connectivity index is 2.42. The summed E-state index contributed by atoms with van der Waals surface area (Å²) in [6, 6.07) is 5.89. The molecule has 6 nitrogen and oxygen atoms in total. The van der Waals surface area contributed by atoms with Crippen molar-refractivity contribution >= 4 is 37.6 Å². The Hall–Kier alpha value is -2.00. The molecule has 0 atom stereocenters. The Morgan fingerprint density at radius 1 is 1.33 bits per heavy atom. The van der Waals surface area contributed by atoms with Crippen molar-refractivity contribution < 1.29 is 22.7 Å². The number of nitrogens with one attached hydrogen (secondary N) is 1. The number of halogens is 2. The van der Waals surface area contributed by atoms with Gasteiger partial charge in [0.15, 0.2) is 5.69 Å². The summed E-state index contributed by atoms with van der Waals surface area (Å²) in [5, 5.41) is 8.95. The van der Waals surface area contributed by atoms with Crippen molar-refractivity contribution in [2.75, 3.05) is 4.72 Å². The lowest BCUT2D eigenvalue weighted by molar-refractivity contribution is 0.0692. The summed E-state index contributed by atoms with van der Waals surface area (Å²) < 4.78 is 39.9. The first-order chi connectivity index (χ1) is 9.81. The van der Waals surface area contributed by atoms with E-state index in [1.54, 1.807) is 0 Å². The van der Waals surface area contributed by atoms with Gasteiger partial charge in [-0.05, 0) is 46.3 Å². The van der Waals surface area contributed by atoms with E-state index in [1.807, 2.05) is 0 Å². The monoisotopic (exact) mass is 374 g/mol. The molecule has 0 spiro atoms. The first-order valence-electron chi connectivity index (χ1n) is 5.47. The fourth-order valence-corrected chi connectivity index (χ4v) is 2.83. The summed E-state index contributed by atoms with van der Waals surface area (Å²) in [6.45, 7) is 0. The smallest absolute Gasteiger partial charge is 0.356 e. The van der Waals surface area contributed by atoms with Gasteiger partial charge >= 0.3 is 5.97 Å². The Morgan fingerprint density at radius 3 is 2.67 bits per heavy atom. The largest absolute Gasteiger partial charge is 0.476 e. The maximum atomic E-state index is 13.4. The van der Waals surface area contributed by atoms with Crippen molar-refractivity contribution in [1.29, 1.82) is 0 Å². The number of aromatic carboxylic acids is 1. The van der Waals surface area contributed by atoms with Gasteiger partial charge in [-0.15, -0.1) is 0 Å². The van der Waals surface area contributed by atoms with E-state index in [9.17, 15) is 17.6 Å². The Bertz CT molecular complexity index is 811. The fourth-order valence-electron chi connectivity index (χ4n) is 1.51. The number of carboxylic acid groups (broad SMARTS) is 1.